The summed E-state index contributed by atoms with van der Waals surface area (Å²) in [7, 11) is 0. The van der Waals surface area contributed by atoms with Crippen molar-refractivity contribution < 1.29 is 14.8 Å². The van der Waals surface area contributed by atoms with E-state index in [2.05, 4.69) is 15.9 Å². The highest BCUT2D eigenvalue weighted by atomic mass is 79.9. The molecule has 0 radical (unpaired) electrons. The van der Waals surface area contributed by atoms with Gasteiger partial charge in [0.2, 0.25) is 5.75 Å². The summed E-state index contributed by atoms with van der Waals surface area (Å²) in [5.74, 6) is -0.264. The second kappa shape index (κ2) is 3.69. The van der Waals surface area contributed by atoms with Crippen LogP contribution in [0.25, 0.3) is 0 Å². The van der Waals surface area contributed by atoms with E-state index in [4.69, 9.17) is 4.74 Å². The lowest BCUT2D eigenvalue weighted by atomic mass is 10.3. The number of hydrogen-bond donors (Lipinski definition) is 1. The summed E-state index contributed by atoms with van der Waals surface area (Å²) in [5, 5.41) is 20.1. The second-order valence-electron chi connectivity index (χ2n) is 3.35. The third-order valence-corrected chi connectivity index (χ3v) is 2.48. The number of nitro benzene ring substituents is 1. The second-order valence-corrected chi connectivity index (χ2v) is 4.26. The van der Waals surface area contributed by atoms with Gasteiger partial charge in [-0.3, -0.25) is 10.1 Å². The molecule has 0 amide bonds. The van der Waals surface area contributed by atoms with Crippen molar-refractivity contribution in [1.29, 1.82) is 0 Å². The Labute approximate surface area is 93.9 Å². The van der Waals surface area contributed by atoms with Gasteiger partial charge in [0.1, 0.15) is 0 Å². The number of nitro groups is 1. The van der Waals surface area contributed by atoms with Gasteiger partial charge in [-0.2, -0.15) is 0 Å². The lowest BCUT2D eigenvalue weighted by Gasteiger charge is -2.06. The van der Waals surface area contributed by atoms with Gasteiger partial charge in [0.05, 0.1) is 11.0 Å². The number of halogens is 1. The van der Waals surface area contributed by atoms with Gasteiger partial charge in [-0.15, -0.1) is 0 Å². The molecule has 2 rings (SSSR count). The van der Waals surface area contributed by atoms with Crippen LogP contribution in [0.15, 0.2) is 16.6 Å². The van der Waals surface area contributed by atoms with Gasteiger partial charge in [-0.25, -0.2) is 0 Å². The first-order valence-corrected chi connectivity index (χ1v) is 5.21. The van der Waals surface area contributed by atoms with Crippen LogP contribution in [0.5, 0.6) is 11.5 Å². The molecule has 1 N–H and O–H groups in total. The Bertz CT molecular complexity index is 417. The molecule has 15 heavy (non-hydrogen) atoms. The zero-order valence-electron chi connectivity index (χ0n) is 7.64. The summed E-state index contributed by atoms with van der Waals surface area (Å²) in [6.07, 6.45) is 1.87. The molecule has 0 bridgehead atoms. The van der Waals surface area contributed by atoms with Crippen molar-refractivity contribution in [2.75, 3.05) is 0 Å². The highest BCUT2D eigenvalue weighted by Gasteiger charge is 2.29. The number of ether oxygens (including phenoxy) is 1. The van der Waals surface area contributed by atoms with E-state index in [1.165, 1.54) is 12.1 Å². The smallest absolute Gasteiger partial charge is 0.352 e. The van der Waals surface area contributed by atoms with Crippen molar-refractivity contribution in [2.24, 2.45) is 0 Å². The Morgan fingerprint density at radius 3 is 2.73 bits per heavy atom. The zero-order valence-corrected chi connectivity index (χ0v) is 9.23. The average Bonchev–Trinajstić information content (AvgIpc) is 2.85. The SMILES string of the molecule is O=[N+]([O-])c1c(O)cc(Br)cc1OC1CC1. The van der Waals surface area contributed by atoms with E-state index in [-0.39, 0.29) is 23.3 Å². The van der Waals surface area contributed by atoms with Crippen molar-refractivity contribution in [2.45, 2.75) is 18.9 Å². The standard InChI is InChI=1S/C9H8BrNO4/c10-5-3-7(12)9(11(13)14)8(4-5)15-6-1-2-6/h3-4,6,12H,1-2H2. The summed E-state index contributed by atoms with van der Waals surface area (Å²) in [6.45, 7) is 0. The van der Waals surface area contributed by atoms with Crippen LogP contribution in [0.2, 0.25) is 0 Å². The van der Waals surface area contributed by atoms with Crippen LogP contribution >= 0.6 is 15.9 Å². The molecule has 0 unspecified atom stereocenters. The number of hydrogen-bond acceptors (Lipinski definition) is 4. The quantitative estimate of drug-likeness (QED) is 0.679. The summed E-state index contributed by atoms with van der Waals surface area (Å²) in [4.78, 5) is 10.1. The topological polar surface area (TPSA) is 72.6 Å². The predicted octanol–water partition coefficient (Wildman–Crippen LogP) is 2.60. The van der Waals surface area contributed by atoms with Crippen molar-refractivity contribution in [1.82, 2.24) is 0 Å². The van der Waals surface area contributed by atoms with Crippen molar-refractivity contribution in [3.8, 4) is 11.5 Å². The number of benzene rings is 1. The Hall–Kier alpha value is -1.30. The lowest BCUT2D eigenvalue weighted by Crippen LogP contribution is -2.00. The summed E-state index contributed by atoms with van der Waals surface area (Å²) >= 11 is 3.14. The van der Waals surface area contributed by atoms with Crippen molar-refractivity contribution in [3.05, 3.63) is 26.7 Å². The summed E-state index contributed by atoms with van der Waals surface area (Å²) in [6, 6.07) is 2.77. The first kappa shape index (κ1) is 10.2. The maximum atomic E-state index is 10.7. The molecule has 80 valence electrons. The fourth-order valence-electron chi connectivity index (χ4n) is 1.20. The first-order valence-electron chi connectivity index (χ1n) is 4.41. The van der Waals surface area contributed by atoms with E-state index in [9.17, 15) is 15.2 Å². The van der Waals surface area contributed by atoms with Gasteiger partial charge in [0.25, 0.3) is 0 Å². The van der Waals surface area contributed by atoms with Crippen LogP contribution in [0.3, 0.4) is 0 Å². The van der Waals surface area contributed by atoms with Crippen LogP contribution in [0.1, 0.15) is 12.8 Å². The largest absolute Gasteiger partial charge is 0.502 e. The number of aromatic hydroxyl groups is 1. The van der Waals surface area contributed by atoms with Crippen LogP contribution in [0.4, 0.5) is 5.69 Å². The normalized spacial score (nSPS) is 15.0. The van der Waals surface area contributed by atoms with E-state index in [1.807, 2.05) is 0 Å². The van der Waals surface area contributed by atoms with Crippen molar-refractivity contribution in [3.63, 3.8) is 0 Å². The lowest BCUT2D eigenvalue weighted by molar-refractivity contribution is -0.387. The average molecular weight is 274 g/mol. The Balaban J connectivity index is 2.42. The first-order chi connectivity index (χ1) is 7.08. The third kappa shape index (κ3) is 2.20. The molecular weight excluding hydrogens is 266 g/mol. The van der Waals surface area contributed by atoms with Gasteiger partial charge in [0, 0.05) is 16.6 Å². The van der Waals surface area contributed by atoms with Crippen molar-refractivity contribution >= 4 is 21.6 Å². The molecule has 1 aliphatic carbocycles. The third-order valence-electron chi connectivity index (χ3n) is 2.02. The molecule has 6 heteroatoms. The van der Waals surface area contributed by atoms with E-state index in [0.29, 0.717) is 4.47 Å². The molecule has 1 aliphatic rings. The molecule has 1 saturated carbocycles. The Kier molecular flexibility index (Phi) is 2.52. The number of nitrogens with zero attached hydrogens (tertiary/aromatic N) is 1. The minimum atomic E-state index is -0.639. The van der Waals surface area contributed by atoms with E-state index in [1.54, 1.807) is 0 Å². The highest BCUT2D eigenvalue weighted by Crippen LogP contribution is 2.41. The molecule has 0 spiro atoms. The molecule has 0 aliphatic heterocycles. The molecule has 5 nitrogen and oxygen atoms in total. The van der Waals surface area contributed by atoms with Crippen LogP contribution in [-0.2, 0) is 0 Å². The van der Waals surface area contributed by atoms with Gasteiger partial charge in [-0.05, 0) is 12.8 Å². The number of rotatable bonds is 3. The fraction of sp³-hybridized carbons (Fsp3) is 0.333. The maximum absolute atomic E-state index is 10.7. The molecule has 0 atom stereocenters. The van der Waals surface area contributed by atoms with E-state index < -0.39 is 4.92 Å². The monoisotopic (exact) mass is 273 g/mol. The molecule has 0 aromatic heterocycles. The van der Waals surface area contributed by atoms with Crippen LogP contribution in [-0.4, -0.2) is 16.1 Å². The van der Waals surface area contributed by atoms with Crippen LogP contribution in [0, 0.1) is 10.1 Å². The predicted molar refractivity (Wildman–Crippen MR) is 56.1 cm³/mol. The van der Waals surface area contributed by atoms with E-state index in [0.717, 1.165) is 12.8 Å². The zero-order chi connectivity index (χ0) is 11.0. The maximum Gasteiger partial charge on any atom is 0.352 e. The summed E-state index contributed by atoms with van der Waals surface area (Å²) in [5.41, 5.74) is -0.370. The highest BCUT2D eigenvalue weighted by molar-refractivity contribution is 9.10. The molecular formula is C9H8BrNO4. The Morgan fingerprint density at radius 2 is 2.20 bits per heavy atom. The van der Waals surface area contributed by atoms with E-state index >= 15 is 0 Å². The number of phenolic OH excluding ortho intramolecular Hbond substituents is 1. The van der Waals surface area contributed by atoms with Gasteiger partial charge < -0.3 is 9.84 Å². The van der Waals surface area contributed by atoms with Gasteiger partial charge in [-0.1, -0.05) is 15.9 Å². The summed E-state index contributed by atoms with van der Waals surface area (Å²) < 4.78 is 5.90. The minimum Gasteiger partial charge on any atom is -0.502 e. The fourth-order valence-corrected chi connectivity index (χ4v) is 1.62. The minimum absolute atomic E-state index is 0.0531. The number of phenols is 1. The van der Waals surface area contributed by atoms with Crippen LogP contribution < -0.4 is 4.74 Å². The molecule has 1 aromatic rings. The van der Waals surface area contributed by atoms with Gasteiger partial charge >= 0.3 is 5.69 Å². The molecule has 0 heterocycles. The Morgan fingerprint density at radius 1 is 1.53 bits per heavy atom. The van der Waals surface area contributed by atoms with Gasteiger partial charge in [0.15, 0.2) is 5.75 Å². The molecule has 1 fully saturated rings. The molecule has 1 aromatic carbocycles. The molecule has 0 saturated heterocycles.